The van der Waals surface area contributed by atoms with Gasteiger partial charge in [0.15, 0.2) is 0 Å². The van der Waals surface area contributed by atoms with Crippen LogP contribution in [0.25, 0.3) is 32.7 Å². The number of H-pyrrole nitrogens is 1. The molecule has 0 aliphatic heterocycles. The summed E-state index contributed by atoms with van der Waals surface area (Å²) in [5.41, 5.74) is 3.27. The lowest BCUT2D eigenvalue weighted by Crippen LogP contribution is -1.87. The van der Waals surface area contributed by atoms with Crippen LogP contribution < -0.4 is 0 Å². The summed E-state index contributed by atoms with van der Waals surface area (Å²) >= 11 is 10.2. The number of fused-ring (bicyclic) bond motifs is 3. The number of rotatable bonds is 0. The summed E-state index contributed by atoms with van der Waals surface area (Å²) in [7, 11) is 3.87. The van der Waals surface area contributed by atoms with Crippen LogP contribution in [0, 0.1) is 0 Å². The Bertz CT molecular complexity index is 1510. The van der Waals surface area contributed by atoms with Gasteiger partial charge in [0.25, 0.3) is 0 Å². The number of nitrogens with one attached hydrogen (secondary N) is 1. The number of halogens is 4. The van der Waals surface area contributed by atoms with E-state index in [-0.39, 0.29) is 15.0 Å². The van der Waals surface area contributed by atoms with Gasteiger partial charge in [-0.15, -0.1) is 0 Å². The molecule has 0 unspecified atom stereocenters. The maximum absolute atomic E-state index is 4.25. The quantitative estimate of drug-likeness (QED) is 0.179. The predicted molar refractivity (Wildman–Crippen MR) is 154 cm³/mol. The summed E-state index contributed by atoms with van der Waals surface area (Å²) in [4.78, 5) is 0. The number of hydrogen-bond donors (Lipinski definition) is 1. The third-order valence-electron chi connectivity index (χ3n) is 4.69. The van der Waals surface area contributed by atoms with Crippen molar-refractivity contribution in [2.45, 2.75) is 7.43 Å². The second-order valence-electron chi connectivity index (χ2n) is 7.08. The van der Waals surface area contributed by atoms with Gasteiger partial charge in [-0.25, -0.2) is 0 Å². The van der Waals surface area contributed by atoms with E-state index in [0.29, 0.717) is 0 Å². The molecule has 0 saturated heterocycles. The predicted octanol–water partition coefficient (Wildman–Crippen LogP) is 8.28. The highest BCUT2D eigenvalue weighted by Gasteiger charge is 1.98. The van der Waals surface area contributed by atoms with Crippen molar-refractivity contribution in [3.8, 4) is 0 Å². The monoisotopic (exact) mass is 657 g/mol. The highest BCUT2D eigenvalue weighted by Crippen LogP contribution is 2.19. The van der Waals surface area contributed by atoms with E-state index >= 15 is 0 Å². The molecule has 6 aromatic rings. The molecule has 0 saturated carbocycles. The Morgan fingerprint density at radius 2 is 1.44 bits per heavy atom. The molecule has 0 atom stereocenters. The fourth-order valence-corrected chi connectivity index (χ4v) is 4.30. The Morgan fingerprint density at radius 1 is 0.824 bits per heavy atom. The van der Waals surface area contributed by atoms with Crippen molar-refractivity contribution in [2.24, 2.45) is 14.1 Å². The van der Waals surface area contributed by atoms with Gasteiger partial charge in [-0.1, -0.05) is 55.2 Å². The maximum Gasteiger partial charge on any atom is 0.0923 e. The minimum Gasteiger partial charge on any atom is -0.278 e. The van der Waals surface area contributed by atoms with E-state index in [1.807, 2.05) is 78.3 Å². The van der Waals surface area contributed by atoms with E-state index in [2.05, 4.69) is 80.3 Å². The molecule has 6 rings (SSSR count). The Balaban J connectivity index is 0.000000484. The third-order valence-corrected chi connectivity index (χ3v) is 6.17. The fraction of sp³-hybridized carbons (Fsp3) is 0.125. The molecule has 10 heteroatoms. The minimum atomic E-state index is 0. The first-order valence-electron chi connectivity index (χ1n) is 9.64. The van der Waals surface area contributed by atoms with Crippen molar-refractivity contribution in [2.75, 3.05) is 0 Å². The van der Waals surface area contributed by atoms with Gasteiger partial charge in [0.2, 0.25) is 0 Å². The number of aromatic amines is 1. The van der Waals surface area contributed by atoms with Crippen LogP contribution >= 0.6 is 47.8 Å². The smallest absolute Gasteiger partial charge is 0.0923 e. The molecule has 3 aromatic carbocycles. The lowest BCUT2D eigenvalue weighted by atomic mass is 10.3. The van der Waals surface area contributed by atoms with Crippen LogP contribution in [0.5, 0.6) is 0 Å². The Labute approximate surface area is 225 Å². The van der Waals surface area contributed by atoms with Gasteiger partial charge in [0, 0.05) is 52.7 Å². The van der Waals surface area contributed by atoms with Crippen molar-refractivity contribution >= 4 is 80.5 Å². The molecule has 182 valence electrons. The van der Waals surface area contributed by atoms with Gasteiger partial charge in [0.1, 0.15) is 0 Å². The number of aryl methyl sites for hydroxylation is 2. The standard InChI is InChI=1S/2C8H7BrN2.C7H5BrN2.CH4.FH.2H2/c1-11-5-6-4-7(9)2-3-8(6)10-11;1-11-8-3-2-7(9)4-6(8)5-10-11;8-6-1-2-7-5(3-6)4-9-10-7;;;;/h2*2-5H,1H3;1-4H,(H,9,10);1H4;3*1H/i;;;;;1+1;. The number of aromatic nitrogens is 6. The largest absolute Gasteiger partial charge is 0.278 e. The molecule has 0 aliphatic carbocycles. The van der Waals surface area contributed by atoms with Crippen molar-refractivity contribution in [3.05, 3.63) is 86.6 Å². The number of nitrogens with zero attached hydrogens (tertiary/aromatic N) is 5. The second kappa shape index (κ2) is 12.2. The van der Waals surface area contributed by atoms with Gasteiger partial charge < -0.3 is 0 Å². The van der Waals surface area contributed by atoms with Crippen molar-refractivity contribution in [1.29, 1.82) is 0 Å². The van der Waals surface area contributed by atoms with Crippen molar-refractivity contribution in [1.82, 2.24) is 29.8 Å². The van der Waals surface area contributed by atoms with Crippen LogP contribution in [0.4, 0.5) is 4.70 Å². The molecule has 3 aromatic heterocycles. The second-order valence-corrected chi connectivity index (χ2v) is 9.83. The molecule has 3 heterocycles. The van der Waals surface area contributed by atoms with Gasteiger partial charge in [0.05, 0.1) is 28.9 Å². The Morgan fingerprint density at radius 3 is 2.18 bits per heavy atom. The lowest BCUT2D eigenvalue weighted by Gasteiger charge is -1.92. The Kier molecular flexibility index (Phi) is 9.96. The van der Waals surface area contributed by atoms with Gasteiger partial charge >= 0.3 is 0 Å². The van der Waals surface area contributed by atoms with Crippen molar-refractivity contribution < 1.29 is 7.56 Å². The molecule has 0 spiro atoms. The zero-order valence-corrected chi connectivity index (χ0v) is 22.5. The fourth-order valence-electron chi connectivity index (χ4n) is 3.17. The Hall–Kier alpha value is -2.56. The summed E-state index contributed by atoms with van der Waals surface area (Å²) < 4.78 is 6.95. The van der Waals surface area contributed by atoms with Crippen LogP contribution in [-0.4, -0.2) is 29.8 Å². The van der Waals surface area contributed by atoms with Crippen LogP contribution in [0.2, 0.25) is 0 Å². The summed E-state index contributed by atoms with van der Waals surface area (Å²) in [5.74, 6) is 0. The topological polar surface area (TPSA) is 64.3 Å². The third kappa shape index (κ3) is 6.74. The normalized spacial score (nSPS) is 10.0. The van der Waals surface area contributed by atoms with E-state index in [1.54, 1.807) is 6.20 Å². The van der Waals surface area contributed by atoms with Crippen LogP contribution in [0.3, 0.4) is 0 Å². The molecule has 6 nitrogen and oxygen atoms in total. The molecule has 0 fully saturated rings. The molecular weight excluding hydrogens is 631 g/mol. The van der Waals surface area contributed by atoms with Crippen molar-refractivity contribution in [3.63, 3.8) is 0 Å². The first-order valence-corrected chi connectivity index (χ1v) is 12.0. The van der Waals surface area contributed by atoms with Crippen LogP contribution in [0.1, 0.15) is 10.3 Å². The number of benzene rings is 3. The molecular formula is C24H28Br3FN6. The minimum absolute atomic E-state index is 0. The van der Waals surface area contributed by atoms with E-state index in [1.165, 1.54) is 10.8 Å². The summed E-state index contributed by atoms with van der Waals surface area (Å²) in [5, 5.41) is 18.6. The maximum atomic E-state index is 4.25. The highest BCUT2D eigenvalue weighted by molar-refractivity contribution is 9.11. The molecule has 0 radical (unpaired) electrons. The van der Waals surface area contributed by atoms with E-state index in [9.17, 15) is 0 Å². The molecule has 0 aliphatic rings. The highest BCUT2D eigenvalue weighted by atomic mass is 79.9. The average molecular weight is 660 g/mol. The van der Waals surface area contributed by atoms with Crippen LogP contribution in [-0.2, 0) is 14.1 Å². The summed E-state index contributed by atoms with van der Waals surface area (Å²) in [6, 6.07) is 18.2. The summed E-state index contributed by atoms with van der Waals surface area (Å²) in [6.07, 6.45) is 5.67. The SMILES string of the molecule is Brc1ccc2[nH]ncc2c1.C.Cn1cc2cc(Br)ccc2n1.Cn1ncc2cc(Br)ccc21.F.[2HH].[HH]. The van der Waals surface area contributed by atoms with Gasteiger partial charge in [-0.05, 0) is 54.6 Å². The lowest BCUT2D eigenvalue weighted by molar-refractivity contribution is 0.780. The number of hydrogen-bond acceptors (Lipinski definition) is 3. The zero-order valence-electron chi connectivity index (χ0n) is 17.7. The van der Waals surface area contributed by atoms with Gasteiger partial charge in [-0.3, -0.25) is 19.2 Å². The first-order chi connectivity index (χ1) is 15.4. The molecule has 34 heavy (non-hydrogen) atoms. The average Bonchev–Trinajstić information content (AvgIpc) is 3.46. The van der Waals surface area contributed by atoms with E-state index < -0.39 is 0 Å². The van der Waals surface area contributed by atoms with E-state index in [4.69, 9.17) is 0 Å². The molecule has 0 bridgehead atoms. The molecule has 0 amide bonds. The molecule has 1 N–H and O–H groups in total. The van der Waals surface area contributed by atoms with Crippen LogP contribution in [0.15, 0.2) is 86.6 Å². The van der Waals surface area contributed by atoms with E-state index in [0.717, 1.165) is 35.4 Å². The van der Waals surface area contributed by atoms with Gasteiger partial charge in [-0.2, -0.15) is 15.3 Å². The zero-order chi connectivity index (χ0) is 22.7. The summed E-state index contributed by atoms with van der Waals surface area (Å²) in [6.45, 7) is 0. The first kappa shape index (κ1) is 27.7.